The lowest BCUT2D eigenvalue weighted by atomic mass is 10.1. The molecule has 4 aromatic rings. The van der Waals surface area contributed by atoms with E-state index in [0.717, 1.165) is 16.3 Å². The van der Waals surface area contributed by atoms with E-state index in [2.05, 4.69) is 17.1 Å². The van der Waals surface area contributed by atoms with Crippen LogP contribution in [0.3, 0.4) is 0 Å². The van der Waals surface area contributed by atoms with Crippen LogP contribution in [0.5, 0.6) is 17.2 Å². The van der Waals surface area contributed by atoms with Crippen molar-refractivity contribution in [2.24, 2.45) is 5.10 Å². The number of nitrogens with one attached hydrogen (secondary N) is 1. The number of hydrazone groups is 1. The largest absolute Gasteiger partial charge is 0.496 e. The molecule has 0 unspecified atom stereocenters. The van der Waals surface area contributed by atoms with Gasteiger partial charge in [-0.2, -0.15) is 5.10 Å². The first-order valence-corrected chi connectivity index (χ1v) is 12.0. The molecule has 0 aliphatic carbocycles. The number of carbonyl (C=O) groups excluding carboxylic acids is 1. The SMILES string of the molecule is C=CCc1cc(/C=N\NC(=O)c2cc3ccccc3cc2OC)cc(OC)c1OCc1cccc([N+](=O)[O-])c1. The summed E-state index contributed by atoms with van der Waals surface area (Å²) in [6, 6.07) is 21.1. The van der Waals surface area contributed by atoms with Gasteiger partial charge in [0.05, 0.1) is 30.9 Å². The first-order valence-electron chi connectivity index (χ1n) is 12.0. The Morgan fingerprint density at radius 2 is 1.74 bits per heavy atom. The summed E-state index contributed by atoms with van der Waals surface area (Å²) in [6.45, 7) is 3.92. The third kappa shape index (κ3) is 6.40. The van der Waals surface area contributed by atoms with Gasteiger partial charge in [0.25, 0.3) is 11.6 Å². The molecule has 9 nitrogen and oxygen atoms in total. The number of amides is 1. The van der Waals surface area contributed by atoms with Crippen molar-refractivity contribution >= 4 is 28.6 Å². The van der Waals surface area contributed by atoms with Crippen molar-refractivity contribution in [3.8, 4) is 17.2 Å². The second-order valence-corrected chi connectivity index (χ2v) is 8.52. The average Bonchev–Trinajstić information content (AvgIpc) is 2.95. The number of nitro benzene ring substituents is 1. The number of ether oxygens (including phenoxy) is 3. The smallest absolute Gasteiger partial charge is 0.275 e. The summed E-state index contributed by atoms with van der Waals surface area (Å²) >= 11 is 0. The summed E-state index contributed by atoms with van der Waals surface area (Å²) in [5.74, 6) is 0.973. The van der Waals surface area contributed by atoms with Crippen LogP contribution in [0.1, 0.15) is 27.0 Å². The van der Waals surface area contributed by atoms with E-state index < -0.39 is 10.8 Å². The molecule has 0 aromatic heterocycles. The van der Waals surface area contributed by atoms with Crippen molar-refractivity contribution in [1.82, 2.24) is 5.43 Å². The monoisotopic (exact) mass is 525 g/mol. The number of hydrogen-bond donors (Lipinski definition) is 1. The summed E-state index contributed by atoms with van der Waals surface area (Å²) in [5.41, 5.74) is 5.00. The van der Waals surface area contributed by atoms with Gasteiger partial charge in [0.2, 0.25) is 0 Å². The minimum atomic E-state index is -0.448. The van der Waals surface area contributed by atoms with E-state index >= 15 is 0 Å². The van der Waals surface area contributed by atoms with Gasteiger partial charge in [0.1, 0.15) is 12.4 Å². The highest BCUT2D eigenvalue weighted by Gasteiger charge is 2.15. The van der Waals surface area contributed by atoms with Crippen LogP contribution in [0.4, 0.5) is 5.69 Å². The highest BCUT2D eigenvalue weighted by molar-refractivity contribution is 6.02. The van der Waals surface area contributed by atoms with Crippen LogP contribution in [-0.4, -0.2) is 31.3 Å². The van der Waals surface area contributed by atoms with Gasteiger partial charge in [0.15, 0.2) is 11.5 Å². The van der Waals surface area contributed by atoms with Gasteiger partial charge in [0, 0.05) is 17.7 Å². The van der Waals surface area contributed by atoms with Gasteiger partial charge < -0.3 is 14.2 Å². The van der Waals surface area contributed by atoms with E-state index in [1.165, 1.54) is 32.6 Å². The van der Waals surface area contributed by atoms with Crippen molar-refractivity contribution in [3.05, 3.63) is 118 Å². The molecule has 0 heterocycles. The minimum Gasteiger partial charge on any atom is -0.496 e. The number of nitro groups is 1. The second-order valence-electron chi connectivity index (χ2n) is 8.52. The van der Waals surface area contributed by atoms with Gasteiger partial charge in [-0.15, -0.1) is 6.58 Å². The lowest BCUT2D eigenvalue weighted by Gasteiger charge is -2.16. The fourth-order valence-electron chi connectivity index (χ4n) is 4.09. The Morgan fingerprint density at radius 1 is 1.00 bits per heavy atom. The third-order valence-electron chi connectivity index (χ3n) is 5.93. The van der Waals surface area contributed by atoms with Gasteiger partial charge >= 0.3 is 0 Å². The molecule has 0 fully saturated rings. The summed E-state index contributed by atoms with van der Waals surface area (Å²) in [7, 11) is 3.03. The Kier molecular flexibility index (Phi) is 8.53. The average molecular weight is 526 g/mol. The normalized spacial score (nSPS) is 10.8. The predicted octanol–water partition coefficient (Wildman–Crippen LogP) is 5.84. The van der Waals surface area contributed by atoms with Gasteiger partial charge in [-0.3, -0.25) is 14.9 Å². The van der Waals surface area contributed by atoms with Gasteiger partial charge in [-0.25, -0.2) is 5.43 Å². The number of hydrogen-bond acceptors (Lipinski definition) is 7. The highest BCUT2D eigenvalue weighted by Crippen LogP contribution is 2.34. The summed E-state index contributed by atoms with van der Waals surface area (Å²) in [6.07, 6.45) is 3.71. The fraction of sp³-hybridized carbons (Fsp3) is 0.133. The number of fused-ring (bicyclic) bond motifs is 1. The molecule has 4 rings (SSSR count). The van der Waals surface area contributed by atoms with Crippen LogP contribution in [0.15, 0.2) is 90.6 Å². The Bertz CT molecular complexity index is 1560. The van der Waals surface area contributed by atoms with Crippen LogP contribution >= 0.6 is 0 Å². The molecule has 1 N–H and O–H groups in total. The van der Waals surface area contributed by atoms with E-state index in [9.17, 15) is 14.9 Å². The van der Waals surface area contributed by atoms with Crippen LogP contribution in [-0.2, 0) is 13.0 Å². The van der Waals surface area contributed by atoms with Crippen molar-refractivity contribution in [1.29, 1.82) is 0 Å². The molecule has 198 valence electrons. The molecule has 39 heavy (non-hydrogen) atoms. The highest BCUT2D eigenvalue weighted by atomic mass is 16.6. The van der Waals surface area contributed by atoms with Crippen molar-refractivity contribution in [2.75, 3.05) is 14.2 Å². The molecule has 0 saturated heterocycles. The number of methoxy groups -OCH3 is 2. The van der Waals surface area contributed by atoms with Gasteiger partial charge in [-0.1, -0.05) is 42.5 Å². The van der Waals surface area contributed by atoms with E-state index in [-0.39, 0.29) is 12.3 Å². The summed E-state index contributed by atoms with van der Waals surface area (Å²) in [5, 5.41) is 17.1. The fourth-order valence-corrected chi connectivity index (χ4v) is 4.09. The summed E-state index contributed by atoms with van der Waals surface area (Å²) in [4.78, 5) is 23.5. The molecule has 1 amide bonds. The molecule has 0 spiro atoms. The van der Waals surface area contributed by atoms with Crippen LogP contribution in [0.25, 0.3) is 10.8 Å². The molecule has 9 heteroatoms. The molecule has 0 aliphatic heterocycles. The zero-order valence-corrected chi connectivity index (χ0v) is 21.5. The molecule has 0 bridgehead atoms. The standard InChI is InChI=1S/C30H27N3O6/c1-4-8-24-13-21(15-28(38-3)29(24)39-19-20-9-7-12-25(14-20)33(35)36)18-31-32-30(34)26-16-22-10-5-6-11-23(22)17-27(26)37-2/h4-7,9-18H,1,8,19H2,2-3H3,(H,32,34)/b31-18-. The zero-order chi connectivity index (χ0) is 27.8. The maximum Gasteiger partial charge on any atom is 0.275 e. The van der Waals surface area contributed by atoms with E-state index in [4.69, 9.17) is 14.2 Å². The van der Waals surface area contributed by atoms with Crippen molar-refractivity contribution < 1.29 is 23.9 Å². The molecule has 0 saturated carbocycles. The Labute approximate surface area is 225 Å². The number of carbonyl (C=O) groups is 1. The van der Waals surface area contributed by atoms with E-state index in [1.54, 1.807) is 30.3 Å². The maximum absolute atomic E-state index is 12.9. The molecular formula is C30H27N3O6. The molecule has 4 aromatic carbocycles. The lowest BCUT2D eigenvalue weighted by molar-refractivity contribution is -0.384. The van der Waals surface area contributed by atoms with E-state index in [0.29, 0.717) is 40.4 Å². The third-order valence-corrected chi connectivity index (χ3v) is 5.93. The Hall–Kier alpha value is -5.18. The molecule has 0 aliphatic rings. The van der Waals surface area contributed by atoms with E-state index in [1.807, 2.05) is 36.4 Å². The minimum absolute atomic E-state index is 0.00991. The number of benzene rings is 4. The zero-order valence-electron chi connectivity index (χ0n) is 21.5. The number of nitrogens with zero attached hydrogens (tertiary/aromatic N) is 2. The lowest BCUT2D eigenvalue weighted by Crippen LogP contribution is -2.18. The van der Waals surface area contributed by atoms with Crippen LogP contribution in [0.2, 0.25) is 0 Å². The summed E-state index contributed by atoms with van der Waals surface area (Å²) < 4.78 is 17.0. The topological polar surface area (TPSA) is 112 Å². The van der Waals surface area contributed by atoms with Gasteiger partial charge in [-0.05, 0) is 52.6 Å². The molecule has 0 atom stereocenters. The maximum atomic E-state index is 12.9. The van der Waals surface area contributed by atoms with Crippen molar-refractivity contribution in [3.63, 3.8) is 0 Å². The number of rotatable bonds is 11. The molecular weight excluding hydrogens is 498 g/mol. The Morgan fingerprint density at radius 3 is 2.44 bits per heavy atom. The predicted molar refractivity (Wildman–Crippen MR) is 150 cm³/mol. The Balaban J connectivity index is 1.54. The first kappa shape index (κ1) is 26.9. The molecule has 0 radical (unpaired) electrons. The number of non-ortho nitro benzene ring substituents is 1. The number of allylic oxidation sites excluding steroid dienone is 1. The second kappa shape index (κ2) is 12.4. The first-order chi connectivity index (χ1) is 18.9. The van der Waals surface area contributed by atoms with Crippen LogP contribution in [0, 0.1) is 10.1 Å². The van der Waals surface area contributed by atoms with Crippen molar-refractivity contribution in [2.45, 2.75) is 13.0 Å². The quantitative estimate of drug-likeness (QED) is 0.114. The van der Waals surface area contributed by atoms with Crippen LogP contribution < -0.4 is 19.6 Å².